The number of nitrogens with one attached hydrogen (secondary N) is 2. The summed E-state index contributed by atoms with van der Waals surface area (Å²) in [5, 5.41) is 6.18. The van der Waals surface area contributed by atoms with Crippen LogP contribution < -0.4 is 10.6 Å². The van der Waals surface area contributed by atoms with Gasteiger partial charge in [-0.25, -0.2) is 0 Å². The van der Waals surface area contributed by atoms with Gasteiger partial charge in [0.1, 0.15) is 0 Å². The van der Waals surface area contributed by atoms with Crippen molar-refractivity contribution >= 4 is 17.2 Å². The molecule has 2 N–H and O–H groups in total. The molecule has 0 aliphatic carbocycles. The summed E-state index contributed by atoms with van der Waals surface area (Å²) in [4.78, 5) is 13.7. The average molecular weight is 268 g/mol. The van der Waals surface area contributed by atoms with Crippen LogP contribution in [-0.4, -0.2) is 38.3 Å². The number of hydrogen-bond donors (Lipinski definition) is 2. The first kappa shape index (κ1) is 13.5. The molecule has 0 radical (unpaired) electrons. The van der Waals surface area contributed by atoms with Crippen molar-refractivity contribution in [1.29, 1.82) is 0 Å². The zero-order valence-electron chi connectivity index (χ0n) is 10.7. The summed E-state index contributed by atoms with van der Waals surface area (Å²) >= 11 is 1.52. The maximum atomic E-state index is 11.7. The molecule has 1 aliphatic rings. The largest absolute Gasteiger partial charge is 0.376 e. The van der Waals surface area contributed by atoms with Crippen molar-refractivity contribution in [2.45, 2.75) is 25.9 Å². The highest BCUT2D eigenvalue weighted by Gasteiger charge is 2.13. The molecule has 1 saturated heterocycles. The first-order valence-corrected chi connectivity index (χ1v) is 7.24. The standard InChI is InChI=1S/C13H20N2O2S/c1-10-2-3-12(18-10)13(16)15-8-9-17-11-4-6-14-7-5-11/h2-3,11,14H,4-9H2,1H3,(H,15,16). The molecule has 1 amide bonds. The first-order valence-electron chi connectivity index (χ1n) is 6.42. The van der Waals surface area contributed by atoms with E-state index in [0.717, 1.165) is 35.7 Å². The number of hydrogen-bond acceptors (Lipinski definition) is 4. The van der Waals surface area contributed by atoms with Crippen LogP contribution in [0.25, 0.3) is 0 Å². The molecule has 1 fully saturated rings. The van der Waals surface area contributed by atoms with Crippen molar-refractivity contribution in [1.82, 2.24) is 10.6 Å². The van der Waals surface area contributed by atoms with Crippen molar-refractivity contribution in [2.75, 3.05) is 26.2 Å². The molecule has 0 atom stereocenters. The smallest absolute Gasteiger partial charge is 0.261 e. The summed E-state index contributed by atoms with van der Waals surface area (Å²) in [5.41, 5.74) is 0. The predicted molar refractivity (Wildman–Crippen MR) is 73.2 cm³/mol. The first-order chi connectivity index (χ1) is 8.75. The van der Waals surface area contributed by atoms with Crippen LogP contribution >= 0.6 is 11.3 Å². The van der Waals surface area contributed by atoms with E-state index < -0.39 is 0 Å². The molecule has 5 heteroatoms. The van der Waals surface area contributed by atoms with Gasteiger partial charge in [0.25, 0.3) is 5.91 Å². The fraction of sp³-hybridized carbons (Fsp3) is 0.615. The van der Waals surface area contributed by atoms with Gasteiger partial charge in [-0.1, -0.05) is 0 Å². The molecule has 0 bridgehead atoms. The van der Waals surface area contributed by atoms with Crippen LogP contribution in [-0.2, 0) is 4.74 Å². The van der Waals surface area contributed by atoms with Crippen LogP contribution in [0.4, 0.5) is 0 Å². The van der Waals surface area contributed by atoms with E-state index in [1.54, 1.807) is 0 Å². The highest BCUT2D eigenvalue weighted by atomic mass is 32.1. The lowest BCUT2D eigenvalue weighted by molar-refractivity contribution is 0.0343. The van der Waals surface area contributed by atoms with Crippen LogP contribution in [0.15, 0.2) is 12.1 Å². The van der Waals surface area contributed by atoms with Gasteiger partial charge in [0.2, 0.25) is 0 Å². The van der Waals surface area contributed by atoms with Gasteiger partial charge in [-0.2, -0.15) is 0 Å². The molecule has 4 nitrogen and oxygen atoms in total. The normalized spacial score (nSPS) is 16.7. The molecule has 0 unspecified atom stereocenters. The van der Waals surface area contributed by atoms with Gasteiger partial charge in [0.05, 0.1) is 17.6 Å². The minimum Gasteiger partial charge on any atom is -0.376 e. The van der Waals surface area contributed by atoms with Crippen molar-refractivity contribution in [3.63, 3.8) is 0 Å². The van der Waals surface area contributed by atoms with Gasteiger partial charge in [-0.3, -0.25) is 4.79 Å². The van der Waals surface area contributed by atoms with Gasteiger partial charge in [-0.05, 0) is 45.0 Å². The molecule has 1 aliphatic heterocycles. The minimum absolute atomic E-state index is 0.00186. The molecular weight excluding hydrogens is 248 g/mol. The molecule has 2 heterocycles. The lowest BCUT2D eigenvalue weighted by Gasteiger charge is -2.22. The second kappa shape index (κ2) is 6.87. The van der Waals surface area contributed by atoms with E-state index in [1.165, 1.54) is 11.3 Å². The van der Waals surface area contributed by atoms with Crippen LogP contribution in [0.2, 0.25) is 0 Å². The Balaban J connectivity index is 1.61. The van der Waals surface area contributed by atoms with E-state index in [2.05, 4.69) is 10.6 Å². The molecule has 18 heavy (non-hydrogen) atoms. The maximum absolute atomic E-state index is 11.7. The van der Waals surface area contributed by atoms with Gasteiger partial charge in [-0.15, -0.1) is 11.3 Å². The van der Waals surface area contributed by atoms with E-state index in [9.17, 15) is 4.79 Å². The molecule has 0 saturated carbocycles. The zero-order valence-corrected chi connectivity index (χ0v) is 11.5. The van der Waals surface area contributed by atoms with Gasteiger partial charge < -0.3 is 15.4 Å². The highest BCUT2D eigenvalue weighted by molar-refractivity contribution is 7.13. The molecular formula is C13H20N2O2S. The van der Waals surface area contributed by atoms with Crippen LogP contribution in [0.3, 0.4) is 0 Å². The zero-order chi connectivity index (χ0) is 12.8. The summed E-state index contributed by atoms with van der Waals surface area (Å²) in [6.07, 6.45) is 2.49. The average Bonchev–Trinajstić information content (AvgIpc) is 2.82. The van der Waals surface area contributed by atoms with E-state index in [1.807, 2.05) is 19.1 Å². The summed E-state index contributed by atoms with van der Waals surface area (Å²) in [5.74, 6) is 0.00186. The van der Waals surface area contributed by atoms with Gasteiger partial charge >= 0.3 is 0 Å². The van der Waals surface area contributed by atoms with E-state index in [-0.39, 0.29) is 5.91 Å². The Hall–Kier alpha value is -0.910. The Kier molecular flexibility index (Phi) is 5.16. The topological polar surface area (TPSA) is 50.4 Å². The quantitative estimate of drug-likeness (QED) is 0.797. The fourth-order valence-electron chi connectivity index (χ4n) is 2.00. The number of carbonyl (C=O) groups is 1. The van der Waals surface area contributed by atoms with E-state index in [0.29, 0.717) is 19.3 Å². The maximum Gasteiger partial charge on any atom is 0.261 e. The van der Waals surface area contributed by atoms with Crippen LogP contribution in [0, 0.1) is 6.92 Å². The molecule has 1 aromatic heterocycles. The molecule has 0 aromatic carbocycles. The summed E-state index contributed by atoms with van der Waals surface area (Å²) in [6.45, 7) is 5.25. The molecule has 100 valence electrons. The molecule has 0 spiro atoms. The number of carbonyl (C=O) groups excluding carboxylic acids is 1. The minimum atomic E-state index is 0.00186. The second-order valence-electron chi connectivity index (χ2n) is 4.49. The molecule has 2 rings (SSSR count). The second-order valence-corrected chi connectivity index (χ2v) is 5.77. The Bertz CT molecular complexity index is 386. The fourth-order valence-corrected chi connectivity index (χ4v) is 2.78. The predicted octanol–water partition coefficient (Wildman–Crippen LogP) is 1.55. The van der Waals surface area contributed by atoms with E-state index in [4.69, 9.17) is 4.74 Å². The SMILES string of the molecule is Cc1ccc(C(=O)NCCOC2CCNCC2)s1. The van der Waals surface area contributed by atoms with Gasteiger partial charge in [0, 0.05) is 11.4 Å². The summed E-state index contributed by atoms with van der Waals surface area (Å²) in [7, 11) is 0. The number of rotatable bonds is 5. The van der Waals surface area contributed by atoms with Crippen LogP contribution in [0.5, 0.6) is 0 Å². The Morgan fingerprint density at radius 3 is 2.94 bits per heavy atom. The Labute approximate surface area is 112 Å². The number of piperidine rings is 1. The lowest BCUT2D eigenvalue weighted by Crippen LogP contribution is -2.34. The third-order valence-electron chi connectivity index (χ3n) is 2.99. The van der Waals surface area contributed by atoms with Gasteiger partial charge in [0.15, 0.2) is 0 Å². The van der Waals surface area contributed by atoms with Crippen LogP contribution in [0.1, 0.15) is 27.4 Å². The van der Waals surface area contributed by atoms with Crippen molar-refractivity contribution in [3.8, 4) is 0 Å². The third-order valence-corrected chi connectivity index (χ3v) is 3.99. The van der Waals surface area contributed by atoms with Crippen molar-refractivity contribution in [3.05, 3.63) is 21.9 Å². The number of amides is 1. The number of aryl methyl sites for hydroxylation is 1. The highest BCUT2D eigenvalue weighted by Crippen LogP contribution is 2.14. The van der Waals surface area contributed by atoms with Crippen molar-refractivity contribution < 1.29 is 9.53 Å². The summed E-state index contributed by atoms with van der Waals surface area (Å²) < 4.78 is 5.72. The Morgan fingerprint density at radius 1 is 1.50 bits per heavy atom. The van der Waals surface area contributed by atoms with Crippen molar-refractivity contribution in [2.24, 2.45) is 0 Å². The molecule has 1 aromatic rings. The lowest BCUT2D eigenvalue weighted by atomic mass is 10.1. The monoisotopic (exact) mass is 268 g/mol. The third kappa shape index (κ3) is 4.08. The number of ether oxygens (including phenoxy) is 1. The van der Waals surface area contributed by atoms with E-state index >= 15 is 0 Å². The Morgan fingerprint density at radius 2 is 2.28 bits per heavy atom. The summed E-state index contributed by atoms with van der Waals surface area (Å²) in [6, 6.07) is 3.83. The number of thiophene rings is 1.